The molecule has 0 aliphatic rings. The highest BCUT2D eigenvalue weighted by Gasteiger charge is 2.29. The summed E-state index contributed by atoms with van der Waals surface area (Å²) in [5.41, 5.74) is 0.362. The predicted octanol–water partition coefficient (Wildman–Crippen LogP) is 4.17. The van der Waals surface area contributed by atoms with E-state index in [4.69, 9.17) is 0 Å². The van der Waals surface area contributed by atoms with Gasteiger partial charge in [-0.1, -0.05) is 34.6 Å². The Balaban J connectivity index is 2.91. The lowest BCUT2D eigenvalue weighted by Gasteiger charge is -2.35. The first-order chi connectivity index (χ1) is 8.74. The van der Waals surface area contributed by atoms with E-state index in [9.17, 15) is 8.78 Å². The Labute approximate surface area is 115 Å². The molecule has 0 heterocycles. The average Bonchev–Trinajstić information content (AvgIpc) is 2.31. The standard InChI is InChI=1S/C16H25F2N/c1-11(2)16(5,10-19-12(3)4)9-13-8-14(17)6-7-15(13)18/h6-8,11-12,19H,9-10H2,1-5H3. The molecule has 0 saturated carbocycles. The van der Waals surface area contributed by atoms with Gasteiger partial charge in [-0.05, 0) is 41.5 Å². The van der Waals surface area contributed by atoms with Crippen LogP contribution in [0.15, 0.2) is 18.2 Å². The molecule has 0 spiro atoms. The van der Waals surface area contributed by atoms with Gasteiger partial charge in [-0.3, -0.25) is 0 Å². The van der Waals surface area contributed by atoms with Gasteiger partial charge < -0.3 is 5.32 Å². The number of hydrogen-bond acceptors (Lipinski definition) is 1. The molecular formula is C16H25F2N. The quantitative estimate of drug-likeness (QED) is 0.817. The van der Waals surface area contributed by atoms with Gasteiger partial charge in [0.1, 0.15) is 11.6 Å². The van der Waals surface area contributed by atoms with Crippen molar-refractivity contribution in [3.05, 3.63) is 35.4 Å². The minimum atomic E-state index is -0.376. The molecule has 1 rings (SSSR count). The maximum Gasteiger partial charge on any atom is 0.126 e. The van der Waals surface area contributed by atoms with Gasteiger partial charge in [-0.15, -0.1) is 0 Å². The van der Waals surface area contributed by atoms with Gasteiger partial charge in [0, 0.05) is 12.6 Å². The summed E-state index contributed by atoms with van der Waals surface area (Å²) in [6.07, 6.45) is 0.536. The molecule has 0 bridgehead atoms. The predicted molar refractivity (Wildman–Crippen MR) is 76.1 cm³/mol. The van der Waals surface area contributed by atoms with Gasteiger partial charge in [0.2, 0.25) is 0 Å². The lowest BCUT2D eigenvalue weighted by molar-refractivity contribution is 0.200. The van der Waals surface area contributed by atoms with E-state index in [0.29, 0.717) is 23.9 Å². The van der Waals surface area contributed by atoms with E-state index in [0.717, 1.165) is 12.6 Å². The van der Waals surface area contributed by atoms with Crippen LogP contribution < -0.4 is 5.32 Å². The Hall–Kier alpha value is -0.960. The summed E-state index contributed by atoms with van der Waals surface area (Å²) in [6.45, 7) is 11.3. The molecule has 0 aliphatic carbocycles. The molecule has 1 aromatic rings. The molecule has 1 atom stereocenters. The minimum Gasteiger partial charge on any atom is -0.314 e. The summed E-state index contributed by atoms with van der Waals surface area (Å²) in [6, 6.07) is 4.07. The molecule has 108 valence electrons. The smallest absolute Gasteiger partial charge is 0.126 e. The van der Waals surface area contributed by atoms with E-state index in [1.54, 1.807) is 0 Å². The van der Waals surface area contributed by atoms with E-state index in [1.165, 1.54) is 12.1 Å². The fourth-order valence-electron chi connectivity index (χ4n) is 2.02. The van der Waals surface area contributed by atoms with Crippen molar-refractivity contribution in [1.29, 1.82) is 0 Å². The summed E-state index contributed by atoms with van der Waals surface area (Å²) in [5, 5.41) is 3.41. The van der Waals surface area contributed by atoms with Crippen LogP contribution in [0, 0.1) is 23.0 Å². The molecule has 0 fully saturated rings. The van der Waals surface area contributed by atoms with Crippen molar-refractivity contribution in [1.82, 2.24) is 5.32 Å². The summed E-state index contributed by atoms with van der Waals surface area (Å²) < 4.78 is 27.0. The van der Waals surface area contributed by atoms with Crippen molar-refractivity contribution in [2.45, 2.75) is 47.1 Å². The van der Waals surface area contributed by atoms with Crippen LogP contribution in [0.1, 0.15) is 40.2 Å². The molecule has 1 aromatic carbocycles. The summed E-state index contributed by atoms with van der Waals surface area (Å²) in [7, 11) is 0. The first-order valence-electron chi connectivity index (χ1n) is 6.92. The Morgan fingerprint density at radius 1 is 1.16 bits per heavy atom. The zero-order valence-electron chi connectivity index (χ0n) is 12.6. The van der Waals surface area contributed by atoms with Crippen LogP contribution in [0.25, 0.3) is 0 Å². The van der Waals surface area contributed by atoms with Gasteiger partial charge in [-0.2, -0.15) is 0 Å². The topological polar surface area (TPSA) is 12.0 Å². The first-order valence-corrected chi connectivity index (χ1v) is 6.92. The van der Waals surface area contributed by atoms with Crippen molar-refractivity contribution in [2.24, 2.45) is 11.3 Å². The number of nitrogens with one attached hydrogen (secondary N) is 1. The van der Waals surface area contributed by atoms with Gasteiger partial charge in [0.05, 0.1) is 0 Å². The summed E-state index contributed by atoms with van der Waals surface area (Å²) in [5.74, 6) is -0.321. The molecule has 0 radical (unpaired) electrons. The molecule has 1 nitrogen and oxygen atoms in total. The second-order valence-corrected chi connectivity index (χ2v) is 6.26. The third kappa shape index (κ3) is 4.57. The number of halogens is 2. The molecule has 0 aromatic heterocycles. The summed E-state index contributed by atoms with van der Waals surface area (Å²) >= 11 is 0. The van der Waals surface area contributed by atoms with Gasteiger partial charge in [0.15, 0.2) is 0 Å². The van der Waals surface area contributed by atoms with Crippen LogP contribution in [0.3, 0.4) is 0 Å². The molecule has 19 heavy (non-hydrogen) atoms. The molecular weight excluding hydrogens is 244 g/mol. The number of benzene rings is 1. The zero-order valence-corrected chi connectivity index (χ0v) is 12.6. The third-order valence-corrected chi connectivity index (χ3v) is 3.91. The Kier molecular flexibility index (Phi) is 5.48. The second-order valence-electron chi connectivity index (χ2n) is 6.26. The highest BCUT2D eigenvalue weighted by Crippen LogP contribution is 2.32. The van der Waals surface area contributed by atoms with Crippen LogP contribution in [0.4, 0.5) is 8.78 Å². The molecule has 0 aliphatic heterocycles. The Morgan fingerprint density at radius 3 is 2.32 bits per heavy atom. The van der Waals surface area contributed by atoms with Crippen LogP contribution in [0.5, 0.6) is 0 Å². The molecule has 1 N–H and O–H groups in total. The fraction of sp³-hybridized carbons (Fsp3) is 0.625. The Morgan fingerprint density at radius 2 is 1.79 bits per heavy atom. The monoisotopic (exact) mass is 269 g/mol. The molecule has 3 heteroatoms. The van der Waals surface area contributed by atoms with E-state index in [-0.39, 0.29) is 17.0 Å². The normalized spacial score (nSPS) is 15.0. The molecule has 0 saturated heterocycles. The van der Waals surface area contributed by atoms with E-state index < -0.39 is 0 Å². The Bertz CT molecular complexity index is 415. The highest BCUT2D eigenvalue weighted by molar-refractivity contribution is 5.20. The van der Waals surface area contributed by atoms with Gasteiger partial charge >= 0.3 is 0 Å². The van der Waals surface area contributed by atoms with Crippen LogP contribution >= 0.6 is 0 Å². The summed E-state index contributed by atoms with van der Waals surface area (Å²) in [4.78, 5) is 0. The van der Waals surface area contributed by atoms with E-state index in [2.05, 4.69) is 39.9 Å². The first kappa shape index (κ1) is 16.1. The maximum absolute atomic E-state index is 13.8. The third-order valence-electron chi connectivity index (χ3n) is 3.91. The van der Waals surface area contributed by atoms with Crippen LogP contribution in [-0.2, 0) is 6.42 Å². The number of hydrogen-bond donors (Lipinski definition) is 1. The molecule has 1 unspecified atom stereocenters. The van der Waals surface area contributed by atoms with Crippen molar-refractivity contribution in [2.75, 3.05) is 6.54 Å². The van der Waals surface area contributed by atoms with Crippen molar-refractivity contribution < 1.29 is 8.78 Å². The largest absolute Gasteiger partial charge is 0.314 e. The lowest BCUT2D eigenvalue weighted by atomic mass is 9.74. The van der Waals surface area contributed by atoms with Crippen molar-refractivity contribution >= 4 is 0 Å². The fourth-order valence-corrected chi connectivity index (χ4v) is 2.02. The van der Waals surface area contributed by atoms with E-state index >= 15 is 0 Å². The van der Waals surface area contributed by atoms with Crippen LogP contribution in [0.2, 0.25) is 0 Å². The average molecular weight is 269 g/mol. The lowest BCUT2D eigenvalue weighted by Crippen LogP contribution is -2.40. The maximum atomic E-state index is 13.8. The van der Waals surface area contributed by atoms with E-state index in [1.807, 2.05) is 0 Å². The molecule has 0 amide bonds. The minimum absolute atomic E-state index is 0.0983. The van der Waals surface area contributed by atoms with Gasteiger partial charge in [0.25, 0.3) is 0 Å². The second kappa shape index (κ2) is 6.47. The van der Waals surface area contributed by atoms with Crippen LogP contribution in [-0.4, -0.2) is 12.6 Å². The highest BCUT2D eigenvalue weighted by atomic mass is 19.1. The van der Waals surface area contributed by atoms with Crippen molar-refractivity contribution in [3.8, 4) is 0 Å². The zero-order chi connectivity index (χ0) is 14.6. The SMILES string of the molecule is CC(C)NCC(C)(Cc1cc(F)ccc1F)C(C)C. The number of rotatable bonds is 6. The van der Waals surface area contributed by atoms with Crippen molar-refractivity contribution in [3.63, 3.8) is 0 Å². The van der Waals surface area contributed by atoms with Gasteiger partial charge in [-0.25, -0.2) is 8.78 Å².